The molecule has 25 aromatic carbocycles. The van der Waals surface area contributed by atoms with E-state index < -0.39 is 0 Å². The lowest BCUT2D eigenvalue weighted by atomic mass is 9.95. The quantitative estimate of drug-likeness (QED) is 0.160. The van der Waals surface area contributed by atoms with Crippen molar-refractivity contribution >= 4 is 271 Å². The van der Waals surface area contributed by atoms with Crippen molar-refractivity contribution in [3.63, 3.8) is 0 Å². The van der Waals surface area contributed by atoms with Crippen molar-refractivity contribution in [3.05, 3.63) is 461 Å². The lowest BCUT2D eigenvalue weighted by Crippen LogP contribution is -1.95. The first kappa shape index (κ1) is 76.7. The molecule has 0 aliphatic rings. The molecule has 34 aromatic rings. The second-order valence-corrected chi connectivity index (χ2v) is 38.9. The second-order valence-electron chi connectivity index (χ2n) is 37.8. The standard InChI is InChI=1S/C48H28N2O.C42H24N2O.C42H24N2S/c1-2-13-30(14-3-1)49-38-22-9-20-35-33-16-4-5-17-34(33)36-21-10-23-39-46(36)48-41(27-26-40(49)47(48)45(35)38)50(39)31-15-8-12-29(28-31)32-19-11-25-43-44(32)37-18-6-7-24-42(37)51-43;1-2-10-25(11-3-1)43-33-17-8-15-30-27-12-4-5-13-28(27)31-16-9-18-34-40(31)42-36(22-21-35(43)41(42)39(30)33)44(34)26-20-23-38-32(24-26)29-14-6-7-19-37(29)45-38;1-2-10-25(11-3-1)43-33-17-8-15-31-27-12-4-5-13-28(27)32-16-9-18-34-40(32)42-36(23-22-35(43)41(42)39(31)33)44(34)26-20-21-30-29-14-6-7-19-37(29)45-38(30)24-26/h1-28H;2*1-24H. The lowest BCUT2D eigenvalue weighted by Gasteiger charge is -2.11. The van der Waals surface area contributed by atoms with Gasteiger partial charge in [0.25, 0.3) is 0 Å². The van der Waals surface area contributed by atoms with E-state index in [2.05, 4.69) is 470 Å². The Labute approximate surface area is 807 Å². The molecule has 0 fully saturated rings. The maximum Gasteiger partial charge on any atom is 0.136 e. The van der Waals surface area contributed by atoms with Gasteiger partial charge in [0, 0.05) is 140 Å². The second kappa shape index (κ2) is 29.0. The van der Waals surface area contributed by atoms with Crippen molar-refractivity contribution in [2.24, 2.45) is 0 Å². The Morgan fingerprint density at radius 1 is 0.135 bits per heavy atom. The monoisotopic (exact) mass is 1810 g/mol. The van der Waals surface area contributed by atoms with E-state index in [1.165, 1.54) is 244 Å². The topological polar surface area (TPSA) is 55.9 Å². The normalized spacial score (nSPS) is 12.4. The van der Waals surface area contributed by atoms with Gasteiger partial charge in [-0.05, 0) is 252 Å². The molecule has 0 saturated heterocycles. The van der Waals surface area contributed by atoms with E-state index in [4.69, 9.17) is 8.83 Å². The summed E-state index contributed by atoms with van der Waals surface area (Å²) in [6.07, 6.45) is 0. The number of rotatable bonds is 7. The summed E-state index contributed by atoms with van der Waals surface area (Å²) in [6, 6.07) is 169. The first-order valence-electron chi connectivity index (χ1n) is 48.4. The Morgan fingerprint density at radius 3 is 0.816 bits per heavy atom. The highest BCUT2D eigenvalue weighted by atomic mass is 32.1. The van der Waals surface area contributed by atoms with Crippen LogP contribution in [0.4, 0.5) is 0 Å². The molecular weight excluding hydrogens is 1730 g/mol. The van der Waals surface area contributed by atoms with Crippen molar-refractivity contribution in [1.82, 2.24) is 27.4 Å². The van der Waals surface area contributed by atoms with Crippen LogP contribution in [-0.4, -0.2) is 27.4 Å². The molecule has 9 aromatic heterocycles. The minimum atomic E-state index is 0.908. The molecule has 0 saturated carbocycles. The van der Waals surface area contributed by atoms with Crippen LogP contribution in [0.25, 0.3) is 305 Å². The number of thiophene rings is 1. The maximum atomic E-state index is 6.29. The van der Waals surface area contributed by atoms with Crippen molar-refractivity contribution in [3.8, 4) is 45.3 Å². The Balaban J connectivity index is 0.0000000956. The van der Waals surface area contributed by atoms with Gasteiger partial charge in [-0.15, -0.1) is 11.3 Å². The molecule has 0 unspecified atom stereocenters. The fraction of sp³-hybridized carbons (Fsp3) is 0. The Bertz CT molecular complexity index is 11300. The highest BCUT2D eigenvalue weighted by Gasteiger charge is 2.31. The fourth-order valence-electron chi connectivity index (χ4n) is 25.2. The largest absolute Gasteiger partial charge is 0.456 e. The van der Waals surface area contributed by atoms with Crippen LogP contribution in [0.2, 0.25) is 0 Å². The van der Waals surface area contributed by atoms with E-state index in [0.29, 0.717) is 0 Å². The molecule has 0 aliphatic carbocycles. The van der Waals surface area contributed by atoms with Gasteiger partial charge in [0.05, 0.1) is 66.2 Å². The summed E-state index contributed by atoms with van der Waals surface area (Å²) in [4.78, 5) is 0. The van der Waals surface area contributed by atoms with Crippen molar-refractivity contribution in [1.29, 1.82) is 0 Å². The fourth-order valence-corrected chi connectivity index (χ4v) is 26.4. The zero-order chi connectivity index (χ0) is 91.7. The van der Waals surface area contributed by atoms with Gasteiger partial charge in [0.2, 0.25) is 0 Å². The van der Waals surface area contributed by atoms with Gasteiger partial charge < -0.3 is 36.2 Å². The molecule has 0 aliphatic heterocycles. The third-order valence-electron chi connectivity index (χ3n) is 30.8. The number of nitrogens with zero attached hydrogens (tertiary/aromatic N) is 6. The molecule has 0 radical (unpaired) electrons. The van der Waals surface area contributed by atoms with Gasteiger partial charge in [-0.1, -0.05) is 285 Å². The van der Waals surface area contributed by atoms with Crippen LogP contribution >= 0.6 is 11.3 Å². The van der Waals surface area contributed by atoms with Crippen LogP contribution < -0.4 is 0 Å². The molecule has 141 heavy (non-hydrogen) atoms. The first-order valence-corrected chi connectivity index (χ1v) is 49.2. The van der Waals surface area contributed by atoms with Gasteiger partial charge in [-0.3, -0.25) is 0 Å². The molecule has 0 amide bonds. The average molecular weight is 1810 g/mol. The minimum Gasteiger partial charge on any atom is -0.456 e. The average Bonchev–Trinajstić information content (AvgIpc) is 1.53. The molecule has 652 valence electrons. The molecule has 0 bridgehead atoms. The van der Waals surface area contributed by atoms with Crippen LogP contribution in [0.15, 0.2) is 470 Å². The SMILES string of the molecule is c1ccc(-n2c3cccc4c5ccccc5c5cccc6c5c5c(c43)c2ccc5n6-c2ccc3c(c2)sc2ccccc23)cc1.c1ccc(-n2c3cccc4c5ccccc5c5cccc6c5c5c(c43)c2ccc5n6-c2ccc3oc4ccccc4c3c2)cc1.c1ccc(-n2c3cccc4c5ccccc5c5cccc6c5c5c(c43)c2ccc5n6-c2cccc(-c3cccc4oc5ccccc5c34)c2)cc1. The first-order chi connectivity index (χ1) is 70.0. The van der Waals surface area contributed by atoms with E-state index in [-0.39, 0.29) is 0 Å². The summed E-state index contributed by atoms with van der Waals surface area (Å²) in [7, 11) is 0. The predicted octanol–water partition coefficient (Wildman–Crippen LogP) is 36.7. The van der Waals surface area contributed by atoms with E-state index in [1.807, 2.05) is 29.5 Å². The van der Waals surface area contributed by atoms with Gasteiger partial charge in [0.15, 0.2) is 0 Å². The number of hydrogen-bond donors (Lipinski definition) is 0. The summed E-state index contributed by atoms with van der Waals surface area (Å²) in [5, 5.41) is 38.2. The number of hydrogen-bond acceptors (Lipinski definition) is 3. The van der Waals surface area contributed by atoms with Crippen LogP contribution in [0.1, 0.15) is 0 Å². The van der Waals surface area contributed by atoms with Crippen molar-refractivity contribution < 1.29 is 8.83 Å². The summed E-state index contributed by atoms with van der Waals surface area (Å²) in [5.41, 5.74) is 27.6. The summed E-state index contributed by atoms with van der Waals surface area (Å²) in [6.45, 7) is 0. The molecule has 0 spiro atoms. The summed E-state index contributed by atoms with van der Waals surface area (Å²) >= 11 is 1.88. The third kappa shape index (κ3) is 10.6. The zero-order valence-electron chi connectivity index (χ0n) is 75.8. The molecule has 8 nitrogen and oxygen atoms in total. The molecule has 0 N–H and O–H groups in total. The van der Waals surface area contributed by atoms with E-state index in [1.54, 1.807) is 0 Å². The predicted molar refractivity (Wildman–Crippen MR) is 597 cm³/mol. The molecule has 0 atom stereocenters. The smallest absolute Gasteiger partial charge is 0.136 e. The number of para-hydroxylation sites is 5. The Kier molecular flexibility index (Phi) is 15.8. The Hall–Kier alpha value is -18.5. The minimum absolute atomic E-state index is 0.908. The number of benzene rings is 22. The summed E-state index contributed by atoms with van der Waals surface area (Å²) in [5.74, 6) is 0. The third-order valence-corrected chi connectivity index (χ3v) is 31.9. The van der Waals surface area contributed by atoms with Gasteiger partial charge >= 0.3 is 0 Å². The van der Waals surface area contributed by atoms with Crippen LogP contribution in [0.3, 0.4) is 0 Å². The molecule has 9 heteroatoms. The molecular formula is C132H76N6O2S. The Morgan fingerprint density at radius 2 is 0.404 bits per heavy atom. The van der Waals surface area contributed by atoms with Gasteiger partial charge in [0.1, 0.15) is 22.3 Å². The maximum absolute atomic E-state index is 6.29. The van der Waals surface area contributed by atoms with Crippen molar-refractivity contribution in [2.45, 2.75) is 0 Å². The number of fused-ring (bicyclic) bond motifs is 18. The van der Waals surface area contributed by atoms with Crippen LogP contribution in [0.5, 0.6) is 0 Å². The zero-order valence-corrected chi connectivity index (χ0v) is 76.6. The van der Waals surface area contributed by atoms with Gasteiger partial charge in [-0.25, -0.2) is 0 Å². The number of aromatic nitrogens is 6. The van der Waals surface area contributed by atoms with Gasteiger partial charge in [-0.2, -0.15) is 0 Å². The highest BCUT2D eigenvalue weighted by molar-refractivity contribution is 7.25. The van der Waals surface area contributed by atoms with E-state index in [9.17, 15) is 0 Å². The molecule has 34 rings (SSSR count). The van der Waals surface area contributed by atoms with E-state index >= 15 is 0 Å². The van der Waals surface area contributed by atoms with Crippen LogP contribution in [-0.2, 0) is 0 Å². The summed E-state index contributed by atoms with van der Waals surface area (Å²) < 4.78 is 29.9. The van der Waals surface area contributed by atoms with Crippen LogP contribution in [0, 0.1) is 0 Å². The number of furan rings is 2. The highest BCUT2D eigenvalue weighted by Crippen LogP contribution is 2.54. The molecule has 9 heterocycles. The van der Waals surface area contributed by atoms with E-state index in [0.717, 1.165) is 60.8 Å². The van der Waals surface area contributed by atoms with Crippen molar-refractivity contribution in [2.75, 3.05) is 0 Å². The lowest BCUT2D eigenvalue weighted by molar-refractivity contribution is 0.668.